The quantitative estimate of drug-likeness (QED) is 0.428. The summed E-state index contributed by atoms with van der Waals surface area (Å²) < 4.78 is 6.48. The summed E-state index contributed by atoms with van der Waals surface area (Å²) in [5.74, 6) is 6.14. The molecule has 0 N–H and O–H groups in total. The first-order valence-corrected chi connectivity index (χ1v) is 9.86. The fraction of sp³-hybridized carbons (Fsp3) is 0.812. The van der Waals surface area contributed by atoms with E-state index in [0.29, 0.717) is 0 Å². The predicted molar refractivity (Wildman–Crippen MR) is 84.5 cm³/mol. The van der Waals surface area contributed by atoms with Crippen LogP contribution in [0.1, 0.15) is 48.5 Å². The van der Waals surface area contributed by atoms with Gasteiger partial charge in [0.25, 0.3) is 0 Å². The van der Waals surface area contributed by atoms with Gasteiger partial charge >= 0.3 is 0 Å². The van der Waals surface area contributed by atoms with Crippen LogP contribution in [0.3, 0.4) is 0 Å². The van der Waals surface area contributed by atoms with Crippen molar-refractivity contribution in [3.05, 3.63) is 0 Å². The highest BCUT2D eigenvalue weighted by Crippen LogP contribution is 2.40. The van der Waals surface area contributed by atoms with Crippen molar-refractivity contribution in [2.45, 2.75) is 72.7 Å². The summed E-state index contributed by atoms with van der Waals surface area (Å²) in [4.78, 5) is 11.4. The number of rotatable bonds is 5. The maximum Gasteiger partial charge on any atom is 0.192 e. The average molecular weight is 282 g/mol. The van der Waals surface area contributed by atoms with Crippen LogP contribution in [0.4, 0.5) is 0 Å². The van der Waals surface area contributed by atoms with E-state index < -0.39 is 13.7 Å². The first-order chi connectivity index (χ1) is 8.39. The van der Waals surface area contributed by atoms with Gasteiger partial charge in [0.2, 0.25) is 0 Å². The second-order valence-electron chi connectivity index (χ2n) is 7.42. The molecule has 0 aliphatic heterocycles. The van der Waals surface area contributed by atoms with Crippen molar-refractivity contribution < 1.29 is 9.22 Å². The zero-order valence-corrected chi connectivity index (χ0v) is 15.0. The zero-order chi connectivity index (χ0) is 15.5. The molecule has 0 fully saturated rings. The SMILES string of the molecule is CC#C[C@H](C)[C@@H](O[Si](C)(C)C(C)(C)C)C(C)(C)C=O. The van der Waals surface area contributed by atoms with Gasteiger partial charge in [-0.2, -0.15) is 0 Å². The van der Waals surface area contributed by atoms with Crippen LogP contribution in [-0.2, 0) is 9.22 Å². The second-order valence-corrected chi connectivity index (χ2v) is 12.2. The fourth-order valence-electron chi connectivity index (χ4n) is 1.76. The Labute approximate surface area is 120 Å². The minimum absolute atomic E-state index is 0.0549. The molecular weight excluding hydrogens is 252 g/mol. The molecule has 0 amide bonds. The van der Waals surface area contributed by atoms with Gasteiger partial charge in [0, 0.05) is 11.3 Å². The topological polar surface area (TPSA) is 26.3 Å². The highest BCUT2D eigenvalue weighted by molar-refractivity contribution is 6.74. The van der Waals surface area contributed by atoms with Gasteiger partial charge in [-0.25, -0.2) is 0 Å². The number of aldehydes is 1. The Hall–Kier alpha value is -0.593. The third kappa shape index (κ3) is 4.78. The molecule has 3 heteroatoms. The average Bonchev–Trinajstić information content (AvgIpc) is 2.24. The lowest BCUT2D eigenvalue weighted by atomic mass is 9.82. The minimum Gasteiger partial charge on any atom is -0.412 e. The Morgan fingerprint density at radius 3 is 1.95 bits per heavy atom. The highest BCUT2D eigenvalue weighted by Gasteiger charge is 2.44. The van der Waals surface area contributed by atoms with E-state index in [1.165, 1.54) is 0 Å². The molecule has 2 nitrogen and oxygen atoms in total. The Kier molecular flexibility index (Phi) is 6.04. The molecule has 19 heavy (non-hydrogen) atoms. The number of carbonyl (C=O) groups excluding carboxylic acids is 1. The van der Waals surface area contributed by atoms with E-state index in [2.05, 4.69) is 45.7 Å². The minimum atomic E-state index is -1.91. The Bertz CT molecular complexity index is 366. The largest absolute Gasteiger partial charge is 0.412 e. The van der Waals surface area contributed by atoms with Crippen molar-refractivity contribution >= 4 is 14.6 Å². The Morgan fingerprint density at radius 1 is 1.16 bits per heavy atom. The number of hydrogen-bond acceptors (Lipinski definition) is 2. The van der Waals surface area contributed by atoms with Crippen LogP contribution in [0.15, 0.2) is 0 Å². The molecule has 0 rings (SSSR count). The lowest BCUT2D eigenvalue weighted by Crippen LogP contribution is -2.50. The molecule has 0 aliphatic rings. The molecule has 0 saturated heterocycles. The molecule has 0 heterocycles. The third-order valence-corrected chi connectivity index (χ3v) is 8.55. The standard InChI is InChI=1S/C16H30O2Si/c1-10-11-13(2)14(16(6,7)12-17)18-19(8,9)15(3,4)5/h12-14H,1-9H3/t13-,14+/m0/s1. The number of hydrogen-bond donors (Lipinski definition) is 0. The summed E-state index contributed by atoms with van der Waals surface area (Å²) in [5, 5.41) is 0.129. The molecule has 110 valence electrons. The first kappa shape index (κ1) is 18.4. The van der Waals surface area contributed by atoms with Gasteiger partial charge in [-0.05, 0) is 32.0 Å². The van der Waals surface area contributed by atoms with Crippen molar-refractivity contribution in [2.24, 2.45) is 11.3 Å². The normalized spacial score (nSPS) is 16.3. The number of carbonyl (C=O) groups is 1. The van der Waals surface area contributed by atoms with E-state index in [1.807, 2.05) is 27.7 Å². The van der Waals surface area contributed by atoms with Crippen molar-refractivity contribution in [2.75, 3.05) is 0 Å². The summed E-state index contributed by atoms with van der Waals surface area (Å²) in [6.07, 6.45) is 0.844. The summed E-state index contributed by atoms with van der Waals surface area (Å²) in [5.41, 5.74) is -0.515. The molecule has 0 radical (unpaired) electrons. The van der Waals surface area contributed by atoms with Gasteiger partial charge in [0.1, 0.15) is 6.29 Å². The Balaban J connectivity index is 5.40. The molecule has 0 bridgehead atoms. The van der Waals surface area contributed by atoms with Crippen LogP contribution < -0.4 is 0 Å². The molecule has 0 aromatic carbocycles. The molecule has 0 aromatic rings. The molecule has 2 atom stereocenters. The van der Waals surface area contributed by atoms with Crippen molar-refractivity contribution in [1.29, 1.82) is 0 Å². The molecule has 0 aromatic heterocycles. The molecule has 0 saturated carbocycles. The summed E-state index contributed by atoms with van der Waals surface area (Å²) in [7, 11) is -1.91. The maximum absolute atomic E-state index is 11.4. The van der Waals surface area contributed by atoms with Gasteiger partial charge in [-0.1, -0.05) is 40.5 Å². The van der Waals surface area contributed by atoms with Gasteiger partial charge < -0.3 is 9.22 Å². The molecular formula is C16H30O2Si. The summed E-state index contributed by atoms with van der Waals surface area (Å²) in [6.45, 7) is 18.8. The van der Waals surface area contributed by atoms with Gasteiger partial charge in [0.05, 0.1) is 6.10 Å². The lowest BCUT2D eigenvalue weighted by Gasteiger charge is -2.44. The van der Waals surface area contributed by atoms with E-state index in [9.17, 15) is 4.79 Å². The zero-order valence-electron chi connectivity index (χ0n) is 14.0. The van der Waals surface area contributed by atoms with Crippen LogP contribution >= 0.6 is 0 Å². The van der Waals surface area contributed by atoms with Gasteiger partial charge in [0.15, 0.2) is 8.32 Å². The highest BCUT2D eigenvalue weighted by atomic mass is 28.4. The van der Waals surface area contributed by atoms with E-state index in [-0.39, 0.29) is 17.1 Å². The predicted octanol–water partition coefficient (Wildman–Crippen LogP) is 4.26. The van der Waals surface area contributed by atoms with E-state index in [1.54, 1.807) is 0 Å². The fourth-order valence-corrected chi connectivity index (χ4v) is 3.26. The van der Waals surface area contributed by atoms with E-state index >= 15 is 0 Å². The smallest absolute Gasteiger partial charge is 0.192 e. The van der Waals surface area contributed by atoms with E-state index in [4.69, 9.17) is 4.43 Å². The first-order valence-electron chi connectivity index (χ1n) is 6.95. The summed E-state index contributed by atoms with van der Waals surface area (Å²) >= 11 is 0. The second kappa shape index (κ2) is 6.24. The van der Waals surface area contributed by atoms with Crippen LogP contribution in [0.25, 0.3) is 0 Å². The summed E-state index contributed by atoms with van der Waals surface area (Å²) in [6, 6.07) is 0. The van der Waals surface area contributed by atoms with Crippen molar-refractivity contribution in [1.82, 2.24) is 0 Å². The molecule has 0 spiro atoms. The van der Waals surface area contributed by atoms with Crippen molar-refractivity contribution in [3.8, 4) is 11.8 Å². The monoisotopic (exact) mass is 282 g/mol. The van der Waals surface area contributed by atoms with Crippen LogP contribution in [-0.4, -0.2) is 20.7 Å². The molecule has 0 unspecified atom stereocenters. The Morgan fingerprint density at radius 2 is 1.63 bits per heavy atom. The van der Waals surface area contributed by atoms with Crippen LogP contribution in [0.5, 0.6) is 0 Å². The van der Waals surface area contributed by atoms with Gasteiger partial charge in [-0.15, -0.1) is 5.92 Å². The van der Waals surface area contributed by atoms with E-state index in [0.717, 1.165) is 6.29 Å². The van der Waals surface area contributed by atoms with Crippen molar-refractivity contribution in [3.63, 3.8) is 0 Å². The lowest BCUT2D eigenvalue weighted by molar-refractivity contribution is -0.120. The molecule has 0 aliphatic carbocycles. The van der Waals surface area contributed by atoms with Gasteiger partial charge in [-0.3, -0.25) is 0 Å². The third-order valence-electron chi connectivity index (χ3n) is 4.09. The van der Waals surface area contributed by atoms with Crippen LogP contribution in [0.2, 0.25) is 18.1 Å². The van der Waals surface area contributed by atoms with Crippen LogP contribution in [0, 0.1) is 23.2 Å². The maximum atomic E-state index is 11.4.